The van der Waals surface area contributed by atoms with E-state index in [1.807, 2.05) is 6.07 Å². The molecule has 1 aromatic rings. The minimum atomic E-state index is 0.180. The molecular formula is C16H24N2O. The Morgan fingerprint density at radius 2 is 1.84 bits per heavy atom. The van der Waals surface area contributed by atoms with Crippen LogP contribution in [0.2, 0.25) is 0 Å². The van der Waals surface area contributed by atoms with Crippen LogP contribution in [0.3, 0.4) is 0 Å². The molecule has 0 amide bonds. The van der Waals surface area contributed by atoms with Crippen LogP contribution < -0.4 is 5.73 Å². The number of hydrogen-bond donors (Lipinski definition) is 1. The van der Waals surface area contributed by atoms with Gasteiger partial charge >= 0.3 is 0 Å². The average molecular weight is 260 g/mol. The van der Waals surface area contributed by atoms with Crippen LogP contribution in [0.15, 0.2) is 30.3 Å². The standard InChI is InChI=1S/C16H24N2O/c17-16(13-5-2-1-3-6-13)7-4-10-18-11-14-8-9-15(12-18)19-14/h1-3,5-6,14-16H,4,7-12,17H2. The van der Waals surface area contributed by atoms with Gasteiger partial charge in [-0.2, -0.15) is 0 Å². The van der Waals surface area contributed by atoms with Crippen molar-refractivity contribution in [2.75, 3.05) is 19.6 Å². The third-order valence-corrected chi connectivity index (χ3v) is 4.34. The summed E-state index contributed by atoms with van der Waals surface area (Å²) in [6, 6.07) is 10.6. The zero-order chi connectivity index (χ0) is 13.1. The Morgan fingerprint density at radius 3 is 2.53 bits per heavy atom. The summed E-state index contributed by atoms with van der Waals surface area (Å²) in [6.07, 6.45) is 5.75. The highest BCUT2D eigenvalue weighted by atomic mass is 16.5. The van der Waals surface area contributed by atoms with Crippen LogP contribution in [0.1, 0.15) is 37.3 Å². The maximum absolute atomic E-state index is 6.23. The van der Waals surface area contributed by atoms with Gasteiger partial charge in [0.15, 0.2) is 0 Å². The molecule has 2 aliphatic rings. The van der Waals surface area contributed by atoms with Crippen molar-refractivity contribution in [1.29, 1.82) is 0 Å². The fraction of sp³-hybridized carbons (Fsp3) is 0.625. The predicted octanol–water partition coefficient (Wildman–Crippen LogP) is 2.33. The number of hydrogen-bond acceptors (Lipinski definition) is 3. The smallest absolute Gasteiger partial charge is 0.0707 e. The maximum Gasteiger partial charge on any atom is 0.0707 e. The number of morpholine rings is 1. The first-order valence-electron chi connectivity index (χ1n) is 7.49. The molecule has 2 aliphatic heterocycles. The van der Waals surface area contributed by atoms with Crippen molar-refractivity contribution < 1.29 is 4.74 Å². The molecule has 3 unspecified atom stereocenters. The van der Waals surface area contributed by atoms with Gasteiger partial charge < -0.3 is 10.5 Å². The number of likely N-dealkylation sites (tertiary alicyclic amines) is 1. The SMILES string of the molecule is NC(CCCN1CC2CCC(C1)O2)c1ccccc1. The number of ether oxygens (including phenoxy) is 1. The van der Waals surface area contributed by atoms with Crippen LogP contribution in [0, 0.1) is 0 Å². The molecule has 2 bridgehead atoms. The summed E-state index contributed by atoms with van der Waals surface area (Å²) in [5.41, 5.74) is 7.49. The largest absolute Gasteiger partial charge is 0.372 e. The molecular weight excluding hydrogens is 236 g/mol. The molecule has 0 saturated carbocycles. The Morgan fingerprint density at radius 1 is 1.16 bits per heavy atom. The number of benzene rings is 1. The summed E-state index contributed by atoms with van der Waals surface area (Å²) < 4.78 is 5.86. The first-order valence-corrected chi connectivity index (χ1v) is 7.49. The Balaban J connectivity index is 1.41. The van der Waals surface area contributed by atoms with Crippen LogP contribution >= 0.6 is 0 Å². The minimum Gasteiger partial charge on any atom is -0.372 e. The Kier molecular flexibility index (Phi) is 4.16. The molecule has 104 valence electrons. The van der Waals surface area contributed by atoms with Gasteiger partial charge in [-0.3, -0.25) is 4.90 Å². The van der Waals surface area contributed by atoms with Gasteiger partial charge in [-0.1, -0.05) is 30.3 Å². The fourth-order valence-corrected chi connectivity index (χ4v) is 3.28. The molecule has 1 aromatic carbocycles. The molecule has 3 rings (SSSR count). The van der Waals surface area contributed by atoms with Gasteiger partial charge in [0, 0.05) is 19.1 Å². The second-order valence-electron chi connectivity index (χ2n) is 5.88. The van der Waals surface area contributed by atoms with E-state index < -0.39 is 0 Å². The maximum atomic E-state index is 6.23. The van der Waals surface area contributed by atoms with E-state index in [0.29, 0.717) is 12.2 Å². The van der Waals surface area contributed by atoms with Gasteiger partial charge in [0.05, 0.1) is 12.2 Å². The van der Waals surface area contributed by atoms with E-state index in [0.717, 1.165) is 26.1 Å². The molecule has 3 nitrogen and oxygen atoms in total. The summed E-state index contributed by atoms with van der Waals surface area (Å²) in [5, 5.41) is 0. The third kappa shape index (κ3) is 3.35. The highest BCUT2D eigenvalue weighted by Crippen LogP contribution is 2.26. The second kappa shape index (κ2) is 6.04. The normalized spacial score (nSPS) is 28.5. The molecule has 0 spiro atoms. The third-order valence-electron chi connectivity index (χ3n) is 4.34. The van der Waals surface area contributed by atoms with Gasteiger partial charge in [-0.25, -0.2) is 0 Å². The van der Waals surface area contributed by atoms with E-state index in [2.05, 4.69) is 29.2 Å². The molecule has 2 saturated heterocycles. The minimum absolute atomic E-state index is 0.180. The summed E-state index contributed by atoms with van der Waals surface area (Å²) in [5.74, 6) is 0. The van der Waals surface area contributed by atoms with Crippen molar-refractivity contribution in [2.45, 2.75) is 43.9 Å². The average Bonchev–Trinajstić information content (AvgIpc) is 2.79. The molecule has 3 heteroatoms. The second-order valence-corrected chi connectivity index (χ2v) is 5.88. The monoisotopic (exact) mass is 260 g/mol. The van der Waals surface area contributed by atoms with Gasteiger partial charge in [0.1, 0.15) is 0 Å². The van der Waals surface area contributed by atoms with Crippen molar-refractivity contribution >= 4 is 0 Å². The fourth-order valence-electron chi connectivity index (χ4n) is 3.28. The highest BCUT2D eigenvalue weighted by Gasteiger charge is 2.33. The zero-order valence-corrected chi connectivity index (χ0v) is 11.5. The van der Waals surface area contributed by atoms with Crippen LogP contribution in [0.4, 0.5) is 0 Å². The molecule has 2 heterocycles. The zero-order valence-electron chi connectivity index (χ0n) is 11.5. The van der Waals surface area contributed by atoms with Crippen molar-refractivity contribution in [3.63, 3.8) is 0 Å². The molecule has 3 atom stereocenters. The summed E-state index contributed by atoms with van der Waals surface area (Å²) in [7, 11) is 0. The first kappa shape index (κ1) is 13.1. The van der Waals surface area contributed by atoms with Crippen LogP contribution in [0.25, 0.3) is 0 Å². The van der Waals surface area contributed by atoms with Crippen molar-refractivity contribution in [3.8, 4) is 0 Å². The van der Waals surface area contributed by atoms with Crippen molar-refractivity contribution in [3.05, 3.63) is 35.9 Å². The summed E-state index contributed by atoms with van der Waals surface area (Å²) in [6.45, 7) is 3.41. The quantitative estimate of drug-likeness (QED) is 0.883. The predicted molar refractivity (Wildman–Crippen MR) is 76.9 cm³/mol. The van der Waals surface area contributed by atoms with E-state index in [1.165, 1.54) is 24.8 Å². The topological polar surface area (TPSA) is 38.5 Å². The van der Waals surface area contributed by atoms with E-state index in [-0.39, 0.29) is 6.04 Å². The van der Waals surface area contributed by atoms with E-state index in [9.17, 15) is 0 Å². The molecule has 2 N–H and O–H groups in total. The molecule has 0 aromatic heterocycles. The number of rotatable bonds is 5. The van der Waals surface area contributed by atoms with Crippen LogP contribution in [-0.4, -0.2) is 36.7 Å². The Hall–Kier alpha value is -0.900. The van der Waals surface area contributed by atoms with Crippen LogP contribution in [-0.2, 0) is 4.74 Å². The first-order chi connectivity index (χ1) is 9.31. The van der Waals surface area contributed by atoms with Crippen LogP contribution in [0.5, 0.6) is 0 Å². The lowest BCUT2D eigenvalue weighted by Crippen LogP contribution is -2.43. The summed E-state index contributed by atoms with van der Waals surface area (Å²) in [4.78, 5) is 2.56. The van der Waals surface area contributed by atoms with Gasteiger partial charge in [-0.15, -0.1) is 0 Å². The Bertz CT molecular complexity index is 383. The molecule has 0 aliphatic carbocycles. The van der Waals surface area contributed by atoms with Crippen molar-refractivity contribution in [2.24, 2.45) is 5.73 Å². The van der Waals surface area contributed by atoms with E-state index in [4.69, 9.17) is 10.5 Å². The van der Waals surface area contributed by atoms with Gasteiger partial charge in [0.2, 0.25) is 0 Å². The van der Waals surface area contributed by atoms with Gasteiger partial charge in [0.25, 0.3) is 0 Å². The number of fused-ring (bicyclic) bond motifs is 2. The van der Waals surface area contributed by atoms with Gasteiger partial charge in [-0.05, 0) is 37.8 Å². The Labute approximate surface area is 115 Å². The van der Waals surface area contributed by atoms with Crippen molar-refractivity contribution in [1.82, 2.24) is 4.90 Å². The highest BCUT2D eigenvalue weighted by molar-refractivity contribution is 5.18. The lowest BCUT2D eigenvalue weighted by molar-refractivity contribution is -0.0386. The lowest BCUT2D eigenvalue weighted by atomic mass is 10.0. The number of nitrogens with zero attached hydrogens (tertiary/aromatic N) is 1. The molecule has 0 radical (unpaired) electrons. The number of nitrogens with two attached hydrogens (primary N) is 1. The molecule has 2 fully saturated rings. The lowest BCUT2D eigenvalue weighted by Gasteiger charge is -2.32. The molecule has 19 heavy (non-hydrogen) atoms. The summed E-state index contributed by atoms with van der Waals surface area (Å²) >= 11 is 0. The van der Waals surface area contributed by atoms with E-state index in [1.54, 1.807) is 0 Å². The van der Waals surface area contributed by atoms with E-state index >= 15 is 0 Å².